The summed E-state index contributed by atoms with van der Waals surface area (Å²) in [5.41, 5.74) is 0.984. The summed E-state index contributed by atoms with van der Waals surface area (Å²) in [6.07, 6.45) is 2.74. The van der Waals surface area contributed by atoms with Crippen LogP contribution >= 0.6 is 7.82 Å². The second-order valence-electron chi connectivity index (χ2n) is 4.68. The van der Waals surface area contributed by atoms with Gasteiger partial charge in [0.2, 0.25) is 0 Å². The van der Waals surface area contributed by atoms with Gasteiger partial charge in [0.15, 0.2) is 6.10 Å². The first-order valence-electron chi connectivity index (χ1n) is 8.00. The van der Waals surface area contributed by atoms with Gasteiger partial charge < -0.3 is 4.74 Å². The minimum absolute atomic E-state index is 0.146. The van der Waals surface area contributed by atoms with Gasteiger partial charge in [0, 0.05) is 6.42 Å². The van der Waals surface area contributed by atoms with Crippen LogP contribution in [0.15, 0.2) is 36.4 Å². The van der Waals surface area contributed by atoms with Crippen molar-refractivity contribution in [1.29, 1.82) is 0 Å². The Morgan fingerprint density at radius 2 is 1.71 bits per heavy atom. The standard InChI is InChI=1S/C17H25O6P/c1-4-20-17(18)16(23-24(19,21-5-2)22-6-3)14-10-13-15-11-8-7-9-12-15/h7-13,16H,4-6,14H2,1-3H3/b13-10+. The third kappa shape index (κ3) is 7.41. The molecule has 0 spiro atoms. The minimum Gasteiger partial charge on any atom is -0.464 e. The number of carbonyl (C=O) groups excluding carboxylic acids is 1. The first-order valence-corrected chi connectivity index (χ1v) is 9.46. The summed E-state index contributed by atoms with van der Waals surface area (Å²) in [7, 11) is -3.80. The molecule has 1 aromatic rings. The van der Waals surface area contributed by atoms with Gasteiger partial charge in [0.05, 0.1) is 19.8 Å². The predicted octanol–water partition coefficient (Wildman–Crippen LogP) is 4.22. The number of benzene rings is 1. The van der Waals surface area contributed by atoms with Gasteiger partial charge in [0.1, 0.15) is 0 Å². The Hall–Kier alpha value is -1.46. The van der Waals surface area contributed by atoms with Gasteiger partial charge in [0.25, 0.3) is 0 Å². The van der Waals surface area contributed by atoms with E-state index < -0.39 is 19.9 Å². The molecule has 0 aromatic heterocycles. The number of phosphoric acid groups is 1. The van der Waals surface area contributed by atoms with Crippen LogP contribution in [0.3, 0.4) is 0 Å². The van der Waals surface area contributed by atoms with Gasteiger partial charge in [-0.3, -0.25) is 13.6 Å². The molecule has 0 aliphatic rings. The molecule has 0 amide bonds. The lowest BCUT2D eigenvalue weighted by atomic mass is 10.1. The van der Waals surface area contributed by atoms with Crippen molar-refractivity contribution in [1.82, 2.24) is 0 Å². The van der Waals surface area contributed by atoms with E-state index in [0.29, 0.717) is 0 Å². The fourth-order valence-corrected chi connectivity index (χ4v) is 3.19. The lowest BCUT2D eigenvalue weighted by Crippen LogP contribution is -2.26. The van der Waals surface area contributed by atoms with Gasteiger partial charge >= 0.3 is 13.8 Å². The molecule has 0 heterocycles. The van der Waals surface area contributed by atoms with Crippen molar-refractivity contribution in [2.24, 2.45) is 0 Å². The van der Waals surface area contributed by atoms with Crippen LogP contribution in [0, 0.1) is 0 Å². The minimum atomic E-state index is -3.80. The maximum Gasteiger partial charge on any atom is 0.475 e. The molecule has 7 heteroatoms. The lowest BCUT2D eigenvalue weighted by molar-refractivity contribution is -0.152. The number of carbonyl (C=O) groups is 1. The number of rotatable bonds is 11. The van der Waals surface area contributed by atoms with E-state index in [0.717, 1.165) is 5.56 Å². The Labute approximate surface area is 143 Å². The normalized spacial score (nSPS) is 13.1. The molecule has 1 atom stereocenters. The zero-order valence-electron chi connectivity index (χ0n) is 14.3. The second-order valence-corrected chi connectivity index (χ2v) is 6.30. The quantitative estimate of drug-likeness (QED) is 0.437. The number of phosphoric ester groups is 1. The molecule has 1 aromatic carbocycles. The number of hydrogen-bond donors (Lipinski definition) is 0. The Kier molecular flexibility index (Phi) is 9.57. The van der Waals surface area contributed by atoms with E-state index in [2.05, 4.69) is 0 Å². The van der Waals surface area contributed by atoms with Crippen LogP contribution in [-0.4, -0.2) is 31.9 Å². The summed E-state index contributed by atoms with van der Waals surface area (Å²) in [6.45, 7) is 5.53. The molecule has 24 heavy (non-hydrogen) atoms. The van der Waals surface area contributed by atoms with Crippen LogP contribution in [0.5, 0.6) is 0 Å². The summed E-state index contributed by atoms with van der Waals surface area (Å²) in [4.78, 5) is 12.1. The SMILES string of the molecule is CCOC(=O)C(C/C=C/c1ccccc1)OP(=O)(OCC)OCC. The third-order valence-corrected chi connectivity index (χ3v) is 4.50. The summed E-state index contributed by atoms with van der Waals surface area (Å²) in [6, 6.07) is 9.61. The highest BCUT2D eigenvalue weighted by Gasteiger charge is 2.33. The molecule has 0 saturated heterocycles. The molecular formula is C17H25O6P. The highest BCUT2D eigenvalue weighted by Crippen LogP contribution is 2.50. The van der Waals surface area contributed by atoms with Crippen molar-refractivity contribution in [2.45, 2.75) is 33.3 Å². The lowest BCUT2D eigenvalue weighted by Gasteiger charge is -2.21. The zero-order valence-corrected chi connectivity index (χ0v) is 15.2. The molecule has 0 saturated carbocycles. The Bertz CT molecular complexity index is 547. The first-order chi connectivity index (χ1) is 11.5. The van der Waals surface area contributed by atoms with Crippen molar-refractivity contribution in [3.05, 3.63) is 42.0 Å². The Morgan fingerprint density at radius 3 is 2.25 bits per heavy atom. The van der Waals surface area contributed by atoms with Gasteiger partial charge in [-0.1, -0.05) is 42.5 Å². The van der Waals surface area contributed by atoms with E-state index in [4.69, 9.17) is 18.3 Å². The van der Waals surface area contributed by atoms with E-state index in [-0.39, 0.29) is 26.2 Å². The van der Waals surface area contributed by atoms with Crippen molar-refractivity contribution in [3.63, 3.8) is 0 Å². The van der Waals surface area contributed by atoms with Crippen LogP contribution in [0.1, 0.15) is 32.8 Å². The summed E-state index contributed by atoms with van der Waals surface area (Å²) in [5, 5.41) is 0. The summed E-state index contributed by atoms with van der Waals surface area (Å²) < 4.78 is 32.9. The highest BCUT2D eigenvalue weighted by atomic mass is 31.2. The molecule has 0 radical (unpaired) electrons. The van der Waals surface area contributed by atoms with E-state index in [1.54, 1.807) is 26.8 Å². The molecule has 134 valence electrons. The molecule has 0 fully saturated rings. The van der Waals surface area contributed by atoms with Crippen LogP contribution in [0.25, 0.3) is 6.08 Å². The second kappa shape index (κ2) is 11.2. The van der Waals surface area contributed by atoms with Crippen LogP contribution < -0.4 is 0 Å². The third-order valence-electron chi connectivity index (χ3n) is 2.84. The fraction of sp³-hybridized carbons (Fsp3) is 0.471. The van der Waals surface area contributed by atoms with E-state index in [1.165, 1.54) is 0 Å². The van der Waals surface area contributed by atoms with Gasteiger partial charge in [-0.05, 0) is 26.3 Å². The average molecular weight is 356 g/mol. The Balaban J connectivity index is 2.81. The fourth-order valence-electron chi connectivity index (χ4n) is 1.88. The van der Waals surface area contributed by atoms with Crippen molar-refractivity contribution in [3.8, 4) is 0 Å². The number of ether oxygens (including phenoxy) is 1. The Morgan fingerprint density at radius 1 is 1.08 bits per heavy atom. The summed E-state index contributed by atoms with van der Waals surface area (Å²) in [5.74, 6) is -0.602. The molecule has 0 aliphatic carbocycles. The highest BCUT2D eigenvalue weighted by molar-refractivity contribution is 7.48. The first kappa shape index (κ1) is 20.6. The molecule has 0 N–H and O–H groups in total. The summed E-state index contributed by atoms with van der Waals surface area (Å²) >= 11 is 0. The van der Waals surface area contributed by atoms with Gasteiger partial charge in [-0.25, -0.2) is 9.36 Å². The van der Waals surface area contributed by atoms with Crippen LogP contribution in [-0.2, 0) is 27.7 Å². The van der Waals surface area contributed by atoms with Crippen LogP contribution in [0.2, 0.25) is 0 Å². The molecule has 0 aliphatic heterocycles. The zero-order chi connectivity index (χ0) is 17.8. The predicted molar refractivity (Wildman–Crippen MR) is 92.5 cm³/mol. The van der Waals surface area contributed by atoms with Crippen molar-refractivity contribution < 1.29 is 27.7 Å². The van der Waals surface area contributed by atoms with Crippen molar-refractivity contribution in [2.75, 3.05) is 19.8 Å². The molecule has 6 nitrogen and oxygen atoms in total. The number of esters is 1. The van der Waals surface area contributed by atoms with Gasteiger partial charge in [-0.15, -0.1) is 0 Å². The van der Waals surface area contributed by atoms with E-state index in [9.17, 15) is 9.36 Å². The molecule has 0 bridgehead atoms. The van der Waals surface area contributed by atoms with Gasteiger partial charge in [-0.2, -0.15) is 0 Å². The molecule has 1 rings (SSSR count). The monoisotopic (exact) mass is 356 g/mol. The molecule has 1 unspecified atom stereocenters. The number of hydrogen-bond acceptors (Lipinski definition) is 6. The largest absolute Gasteiger partial charge is 0.475 e. The van der Waals surface area contributed by atoms with E-state index >= 15 is 0 Å². The van der Waals surface area contributed by atoms with E-state index in [1.807, 2.05) is 36.4 Å². The average Bonchev–Trinajstić information content (AvgIpc) is 2.55. The molecular weight excluding hydrogens is 331 g/mol. The maximum absolute atomic E-state index is 12.5. The smallest absolute Gasteiger partial charge is 0.464 e. The topological polar surface area (TPSA) is 71.1 Å². The van der Waals surface area contributed by atoms with Crippen LogP contribution in [0.4, 0.5) is 0 Å². The maximum atomic E-state index is 12.5. The van der Waals surface area contributed by atoms with Crippen molar-refractivity contribution >= 4 is 19.9 Å².